The molecule has 2 heterocycles. The Bertz CT molecular complexity index is 539. The lowest BCUT2D eigenvalue weighted by atomic mass is 9.94. The lowest BCUT2D eigenvalue weighted by Gasteiger charge is -2.26. The first-order chi connectivity index (χ1) is 9.80. The van der Waals surface area contributed by atoms with Gasteiger partial charge in [0.15, 0.2) is 0 Å². The van der Waals surface area contributed by atoms with Crippen molar-refractivity contribution in [2.24, 2.45) is 5.92 Å². The van der Waals surface area contributed by atoms with Gasteiger partial charge in [0.1, 0.15) is 0 Å². The molecule has 2 unspecified atom stereocenters. The fraction of sp³-hybridized carbons (Fsp3) is 0.562. The molecule has 1 saturated heterocycles. The van der Waals surface area contributed by atoms with Crippen LogP contribution in [0.1, 0.15) is 18.4 Å². The zero-order valence-electron chi connectivity index (χ0n) is 11.6. The fourth-order valence-electron chi connectivity index (χ4n) is 3.79. The van der Waals surface area contributed by atoms with Gasteiger partial charge in [0.25, 0.3) is 0 Å². The monoisotopic (exact) mass is 272 g/mol. The molecule has 0 bridgehead atoms. The van der Waals surface area contributed by atoms with Crippen molar-refractivity contribution >= 4 is 11.6 Å². The molecule has 106 valence electrons. The maximum atomic E-state index is 12.3. The molecular weight excluding hydrogens is 252 g/mol. The number of ether oxygens (including phenoxy) is 1. The van der Waals surface area contributed by atoms with Crippen LogP contribution in [0.3, 0.4) is 0 Å². The van der Waals surface area contributed by atoms with Crippen molar-refractivity contribution in [2.45, 2.75) is 18.3 Å². The second-order valence-electron chi connectivity index (χ2n) is 6.11. The smallest absolute Gasteiger partial charge is 0.235 e. The summed E-state index contributed by atoms with van der Waals surface area (Å²) in [5, 5.41) is 3.05. The Morgan fingerprint density at radius 3 is 2.95 bits per heavy atom. The predicted molar refractivity (Wildman–Crippen MR) is 76.7 cm³/mol. The lowest BCUT2D eigenvalue weighted by Crippen LogP contribution is -2.37. The summed E-state index contributed by atoms with van der Waals surface area (Å²) in [7, 11) is 0. The molecule has 4 heteroatoms. The molecule has 20 heavy (non-hydrogen) atoms. The van der Waals surface area contributed by atoms with Gasteiger partial charge in [-0.3, -0.25) is 9.69 Å². The van der Waals surface area contributed by atoms with Crippen molar-refractivity contribution in [3.8, 4) is 0 Å². The summed E-state index contributed by atoms with van der Waals surface area (Å²) in [4.78, 5) is 14.8. The van der Waals surface area contributed by atoms with E-state index < -0.39 is 0 Å². The van der Waals surface area contributed by atoms with Gasteiger partial charge in [-0.25, -0.2) is 0 Å². The second-order valence-corrected chi connectivity index (χ2v) is 6.11. The van der Waals surface area contributed by atoms with E-state index in [-0.39, 0.29) is 11.3 Å². The molecule has 2 atom stereocenters. The molecule has 1 spiro atoms. The van der Waals surface area contributed by atoms with Gasteiger partial charge >= 0.3 is 0 Å². The number of nitrogens with one attached hydrogen (secondary N) is 1. The zero-order chi connectivity index (χ0) is 13.6. The van der Waals surface area contributed by atoms with Gasteiger partial charge < -0.3 is 10.1 Å². The SMILES string of the molecule is O=C1Nc2ccccc2C12CC2CCN1CCOCC1. The summed E-state index contributed by atoms with van der Waals surface area (Å²) in [6.45, 7) is 4.84. The van der Waals surface area contributed by atoms with Crippen LogP contribution in [0.4, 0.5) is 5.69 Å². The first kappa shape index (κ1) is 12.4. The number of fused-ring (bicyclic) bond motifs is 2. The lowest BCUT2D eigenvalue weighted by molar-refractivity contribution is -0.118. The number of para-hydroxylation sites is 1. The summed E-state index contributed by atoms with van der Waals surface area (Å²) in [5.41, 5.74) is 2.03. The highest BCUT2D eigenvalue weighted by atomic mass is 16.5. The van der Waals surface area contributed by atoms with Crippen LogP contribution in [-0.4, -0.2) is 43.7 Å². The standard InChI is InChI=1S/C16H20N2O2/c19-15-16(13-3-1-2-4-14(13)17-15)11-12(16)5-6-18-7-9-20-10-8-18/h1-4,12H,5-11H2,(H,17,19). The minimum Gasteiger partial charge on any atom is -0.379 e. The third-order valence-electron chi connectivity index (χ3n) is 5.06. The highest BCUT2D eigenvalue weighted by molar-refractivity contribution is 6.08. The molecule has 0 aromatic heterocycles. The van der Waals surface area contributed by atoms with E-state index in [1.807, 2.05) is 18.2 Å². The number of morpholine rings is 1. The minimum atomic E-state index is -0.205. The molecule has 3 aliphatic rings. The van der Waals surface area contributed by atoms with Gasteiger partial charge in [-0.15, -0.1) is 0 Å². The minimum absolute atomic E-state index is 0.205. The van der Waals surface area contributed by atoms with E-state index in [2.05, 4.69) is 16.3 Å². The summed E-state index contributed by atoms with van der Waals surface area (Å²) in [5.74, 6) is 0.722. The molecule has 1 saturated carbocycles. The Hall–Kier alpha value is -1.39. The third kappa shape index (κ3) is 1.79. The van der Waals surface area contributed by atoms with Crippen LogP contribution in [-0.2, 0) is 14.9 Å². The van der Waals surface area contributed by atoms with Crippen molar-refractivity contribution < 1.29 is 9.53 Å². The van der Waals surface area contributed by atoms with Crippen LogP contribution < -0.4 is 5.32 Å². The third-order valence-corrected chi connectivity index (χ3v) is 5.06. The molecule has 1 aromatic rings. The summed E-state index contributed by atoms with van der Waals surface area (Å²) in [6.07, 6.45) is 2.13. The number of hydrogen-bond acceptors (Lipinski definition) is 3. The normalized spacial score (nSPS) is 32.2. The maximum Gasteiger partial charge on any atom is 0.235 e. The van der Waals surface area contributed by atoms with Gasteiger partial charge in [0.2, 0.25) is 5.91 Å². The average molecular weight is 272 g/mol. The summed E-state index contributed by atoms with van der Waals surface area (Å²) in [6, 6.07) is 8.16. The van der Waals surface area contributed by atoms with Crippen LogP contribution in [0.5, 0.6) is 0 Å². The number of hydrogen-bond donors (Lipinski definition) is 1. The Morgan fingerprint density at radius 2 is 2.10 bits per heavy atom. The van der Waals surface area contributed by atoms with E-state index in [0.717, 1.165) is 51.4 Å². The molecule has 1 N–H and O–H groups in total. The highest BCUT2D eigenvalue weighted by Gasteiger charge is 2.63. The number of anilines is 1. The van der Waals surface area contributed by atoms with Gasteiger partial charge in [-0.1, -0.05) is 18.2 Å². The molecule has 1 aliphatic carbocycles. The van der Waals surface area contributed by atoms with E-state index in [1.54, 1.807) is 0 Å². The number of amides is 1. The van der Waals surface area contributed by atoms with E-state index >= 15 is 0 Å². The van der Waals surface area contributed by atoms with E-state index in [0.29, 0.717) is 5.92 Å². The fourth-order valence-corrected chi connectivity index (χ4v) is 3.79. The Morgan fingerprint density at radius 1 is 1.30 bits per heavy atom. The molecule has 2 fully saturated rings. The van der Waals surface area contributed by atoms with Crippen LogP contribution in [0.15, 0.2) is 24.3 Å². The van der Waals surface area contributed by atoms with Crippen LogP contribution >= 0.6 is 0 Å². The van der Waals surface area contributed by atoms with Gasteiger partial charge in [-0.2, -0.15) is 0 Å². The zero-order valence-corrected chi connectivity index (χ0v) is 11.6. The number of carbonyl (C=O) groups is 1. The Balaban J connectivity index is 1.44. The molecule has 1 aromatic carbocycles. The predicted octanol–water partition coefficient (Wildman–Crippen LogP) is 1.62. The van der Waals surface area contributed by atoms with Gasteiger partial charge in [0, 0.05) is 18.8 Å². The average Bonchev–Trinajstić information content (AvgIpc) is 3.15. The number of nitrogens with zero attached hydrogens (tertiary/aromatic N) is 1. The van der Waals surface area contributed by atoms with E-state index in [4.69, 9.17) is 4.74 Å². The van der Waals surface area contributed by atoms with Crippen molar-refractivity contribution in [3.05, 3.63) is 29.8 Å². The highest BCUT2D eigenvalue weighted by Crippen LogP contribution is 2.61. The van der Waals surface area contributed by atoms with Crippen LogP contribution in [0.2, 0.25) is 0 Å². The molecule has 0 radical (unpaired) electrons. The maximum absolute atomic E-state index is 12.3. The van der Waals surface area contributed by atoms with Crippen molar-refractivity contribution in [1.82, 2.24) is 4.90 Å². The van der Waals surface area contributed by atoms with Crippen LogP contribution in [0.25, 0.3) is 0 Å². The molecule has 2 aliphatic heterocycles. The molecule has 1 amide bonds. The van der Waals surface area contributed by atoms with Gasteiger partial charge in [0.05, 0.1) is 18.6 Å². The first-order valence-electron chi connectivity index (χ1n) is 7.52. The molecule has 4 rings (SSSR count). The van der Waals surface area contributed by atoms with E-state index in [1.165, 1.54) is 5.56 Å². The van der Waals surface area contributed by atoms with Crippen molar-refractivity contribution in [2.75, 3.05) is 38.2 Å². The molecular formula is C16H20N2O2. The number of carbonyl (C=O) groups excluding carboxylic acids is 1. The van der Waals surface area contributed by atoms with Crippen LogP contribution in [0, 0.1) is 5.92 Å². The Kier molecular flexibility index (Phi) is 2.82. The number of benzene rings is 1. The Labute approximate surface area is 119 Å². The second kappa shape index (κ2) is 4.57. The van der Waals surface area contributed by atoms with Gasteiger partial charge in [-0.05, 0) is 36.9 Å². The molecule has 4 nitrogen and oxygen atoms in total. The van der Waals surface area contributed by atoms with E-state index in [9.17, 15) is 4.79 Å². The number of rotatable bonds is 3. The summed E-state index contributed by atoms with van der Waals surface area (Å²) >= 11 is 0. The first-order valence-corrected chi connectivity index (χ1v) is 7.52. The summed E-state index contributed by atoms with van der Waals surface area (Å²) < 4.78 is 5.37. The quantitative estimate of drug-likeness (QED) is 0.909. The largest absolute Gasteiger partial charge is 0.379 e. The topological polar surface area (TPSA) is 41.6 Å². The van der Waals surface area contributed by atoms with Crippen molar-refractivity contribution in [3.63, 3.8) is 0 Å². The van der Waals surface area contributed by atoms with Crippen molar-refractivity contribution in [1.29, 1.82) is 0 Å².